The van der Waals surface area contributed by atoms with E-state index in [0.717, 1.165) is 5.56 Å². The third kappa shape index (κ3) is 5.62. The van der Waals surface area contributed by atoms with Crippen molar-refractivity contribution in [2.75, 3.05) is 5.32 Å². The highest BCUT2D eigenvalue weighted by Crippen LogP contribution is 2.14. The number of hydrogen-bond donors (Lipinski definition) is 1. The summed E-state index contributed by atoms with van der Waals surface area (Å²) in [6.07, 6.45) is 0.533. The van der Waals surface area contributed by atoms with Crippen molar-refractivity contribution >= 4 is 23.4 Å². The zero-order valence-corrected chi connectivity index (χ0v) is 14.9. The van der Waals surface area contributed by atoms with Crippen LogP contribution in [0.2, 0.25) is 5.02 Å². The number of amides is 1. The fraction of sp³-hybridized carbons (Fsp3) is 0.100. The van der Waals surface area contributed by atoms with Crippen molar-refractivity contribution in [3.8, 4) is 5.75 Å². The summed E-state index contributed by atoms with van der Waals surface area (Å²) in [5.41, 5.74) is 1.12. The van der Waals surface area contributed by atoms with E-state index in [1.807, 2.05) is 30.3 Å². The van der Waals surface area contributed by atoms with Gasteiger partial charge in [0.05, 0.1) is 0 Å². The smallest absolute Gasteiger partial charge is 0.412 e. The fourth-order valence-electron chi connectivity index (χ4n) is 2.18. The molecule has 27 heavy (non-hydrogen) atoms. The summed E-state index contributed by atoms with van der Waals surface area (Å²) in [7, 11) is 0. The van der Waals surface area contributed by atoms with Crippen LogP contribution >= 0.6 is 11.6 Å². The summed E-state index contributed by atoms with van der Waals surface area (Å²) in [5, 5.41) is 3.10. The number of ether oxygens (including phenoxy) is 2. The molecule has 0 saturated carbocycles. The van der Waals surface area contributed by atoms with E-state index in [0.29, 0.717) is 10.7 Å². The average Bonchev–Trinajstić information content (AvgIpc) is 2.68. The normalized spacial score (nSPS) is 10.3. The van der Waals surface area contributed by atoms with Crippen molar-refractivity contribution in [1.29, 1.82) is 0 Å². The highest BCUT2D eigenvalue weighted by Gasteiger charge is 2.08. The van der Waals surface area contributed by atoms with Gasteiger partial charge in [-0.2, -0.15) is 0 Å². The molecule has 6 nitrogen and oxygen atoms in total. The molecule has 0 bridgehead atoms. The van der Waals surface area contributed by atoms with E-state index in [1.54, 1.807) is 24.3 Å². The number of carbonyl (C=O) groups excluding carboxylic acids is 1. The van der Waals surface area contributed by atoms with E-state index in [4.69, 9.17) is 25.5 Å². The minimum Gasteiger partial charge on any atom is -0.482 e. The fourth-order valence-corrected chi connectivity index (χ4v) is 2.30. The Morgan fingerprint density at radius 1 is 1.04 bits per heavy atom. The largest absolute Gasteiger partial charge is 0.482 e. The van der Waals surface area contributed by atoms with Crippen LogP contribution in [0.25, 0.3) is 0 Å². The highest BCUT2D eigenvalue weighted by atomic mass is 35.5. The van der Waals surface area contributed by atoms with E-state index >= 15 is 0 Å². The molecule has 138 valence electrons. The summed E-state index contributed by atoms with van der Waals surface area (Å²) in [5.74, 6) is 0.298. The maximum Gasteiger partial charge on any atom is 0.412 e. The van der Waals surface area contributed by atoms with Crippen molar-refractivity contribution in [3.05, 3.63) is 93.5 Å². The van der Waals surface area contributed by atoms with Gasteiger partial charge in [-0.15, -0.1) is 0 Å². The maximum atomic E-state index is 12.1. The van der Waals surface area contributed by atoms with Gasteiger partial charge in [-0.05, 0) is 29.8 Å². The molecule has 0 atom stereocenters. The van der Waals surface area contributed by atoms with Crippen LogP contribution in [0.3, 0.4) is 0 Å². The summed E-state index contributed by atoms with van der Waals surface area (Å²) in [6, 6.07) is 17.3. The van der Waals surface area contributed by atoms with E-state index in [9.17, 15) is 9.59 Å². The highest BCUT2D eigenvalue weighted by molar-refractivity contribution is 6.30. The van der Waals surface area contributed by atoms with Gasteiger partial charge in [-0.3, -0.25) is 10.1 Å². The first-order valence-electron chi connectivity index (χ1n) is 8.08. The van der Waals surface area contributed by atoms with Crippen molar-refractivity contribution in [3.63, 3.8) is 0 Å². The summed E-state index contributed by atoms with van der Waals surface area (Å²) in [6.45, 7) is 0.0680. The quantitative estimate of drug-likeness (QED) is 0.669. The Morgan fingerprint density at radius 3 is 2.48 bits per heavy atom. The van der Waals surface area contributed by atoms with Crippen molar-refractivity contribution in [2.24, 2.45) is 0 Å². The third-order valence-electron chi connectivity index (χ3n) is 3.53. The molecule has 2 aromatic carbocycles. The molecule has 0 aliphatic carbocycles. The number of halogens is 1. The van der Waals surface area contributed by atoms with Crippen LogP contribution in [-0.4, -0.2) is 6.09 Å². The Labute approximate surface area is 160 Å². The van der Waals surface area contributed by atoms with Gasteiger partial charge in [0.15, 0.2) is 6.61 Å². The molecule has 1 aromatic heterocycles. The Hall–Kier alpha value is -3.25. The summed E-state index contributed by atoms with van der Waals surface area (Å²) < 4.78 is 15.8. The lowest BCUT2D eigenvalue weighted by Gasteiger charge is -2.08. The molecule has 7 heteroatoms. The summed E-state index contributed by atoms with van der Waals surface area (Å²) in [4.78, 5) is 23.8. The Kier molecular flexibility index (Phi) is 6.12. The van der Waals surface area contributed by atoms with Gasteiger partial charge in [0.2, 0.25) is 11.2 Å². The van der Waals surface area contributed by atoms with E-state index < -0.39 is 6.09 Å². The van der Waals surface area contributed by atoms with Gasteiger partial charge in [0.1, 0.15) is 18.6 Å². The van der Waals surface area contributed by atoms with Crippen molar-refractivity contribution in [1.82, 2.24) is 0 Å². The van der Waals surface area contributed by atoms with Gasteiger partial charge >= 0.3 is 6.09 Å². The topological polar surface area (TPSA) is 77.8 Å². The van der Waals surface area contributed by atoms with Gasteiger partial charge in [-0.1, -0.05) is 41.9 Å². The Morgan fingerprint density at radius 2 is 1.78 bits per heavy atom. The number of rotatable bonds is 6. The van der Waals surface area contributed by atoms with Crippen LogP contribution in [0.1, 0.15) is 11.3 Å². The lowest BCUT2D eigenvalue weighted by atomic mass is 10.2. The first kappa shape index (κ1) is 18.5. The van der Waals surface area contributed by atoms with Gasteiger partial charge in [0, 0.05) is 16.8 Å². The molecule has 0 unspecified atom stereocenters. The van der Waals surface area contributed by atoms with Crippen LogP contribution in [0.15, 0.2) is 76.1 Å². The van der Waals surface area contributed by atoms with Crippen LogP contribution < -0.4 is 15.5 Å². The number of nitrogens with one attached hydrogen (secondary N) is 1. The number of anilines is 1. The molecule has 0 aliphatic heterocycles. The van der Waals surface area contributed by atoms with Crippen molar-refractivity contribution < 1.29 is 18.7 Å². The number of carbonyl (C=O) groups is 1. The Bertz CT molecular complexity index is 954. The predicted octanol–water partition coefficient (Wildman–Crippen LogP) is 4.62. The maximum absolute atomic E-state index is 12.1. The van der Waals surface area contributed by atoms with Crippen LogP contribution in [0.4, 0.5) is 10.5 Å². The van der Waals surface area contributed by atoms with E-state index in [1.165, 1.54) is 12.3 Å². The van der Waals surface area contributed by atoms with Crippen LogP contribution in [0, 0.1) is 0 Å². The SMILES string of the molecule is O=C(Nc1ccc(Cl)cc1)OCc1cc(=O)c(OCc2ccccc2)co1. The minimum atomic E-state index is -0.677. The third-order valence-corrected chi connectivity index (χ3v) is 3.78. The molecular weight excluding hydrogens is 370 g/mol. The van der Waals surface area contributed by atoms with Gasteiger partial charge in [-0.25, -0.2) is 4.79 Å². The first-order valence-corrected chi connectivity index (χ1v) is 8.46. The second-order valence-corrected chi connectivity index (χ2v) is 5.99. The summed E-state index contributed by atoms with van der Waals surface area (Å²) >= 11 is 5.78. The molecule has 1 heterocycles. The molecular formula is C20H16ClNO5. The standard InChI is InChI=1S/C20H16ClNO5/c21-15-6-8-16(9-7-15)22-20(24)27-12-17-10-18(23)19(13-25-17)26-11-14-4-2-1-3-5-14/h1-10,13H,11-12H2,(H,22,24). The molecule has 0 fully saturated rings. The average molecular weight is 386 g/mol. The van der Waals surface area contributed by atoms with Gasteiger partial charge in [0.25, 0.3) is 0 Å². The molecule has 3 aromatic rings. The monoisotopic (exact) mass is 385 g/mol. The molecule has 0 aliphatic rings. The van der Waals surface area contributed by atoms with E-state index in [2.05, 4.69) is 5.32 Å². The van der Waals surface area contributed by atoms with E-state index in [-0.39, 0.29) is 30.2 Å². The zero-order chi connectivity index (χ0) is 19.1. The number of benzene rings is 2. The second kappa shape index (κ2) is 8.91. The lowest BCUT2D eigenvalue weighted by Crippen LogP contribution is -2.14. The second-order valence-electron chi connectivity index (χ2n) is 5.56. The molecule has 0 saturated heterocycles. The molecule has 1 amide bonds. The predicted molar refractivity (Wildman–Crippen MR) is 101 cm³/mol. The Balaban J connectivity index is 1.52. The molecule has 0 spiro atoms. The molecule has 1 N–H and O–H groups in total. The number of hydrogen-bond acceptors (Lipinski definition) is 5. The van der Waals surface area contributed by atoms with Crippen LogP contribution in [0.5, 0.6) is 5.75 Å². The first-order chi connectivity index (χ1) is 13.1. The molecule has 0 radical (unpaired) electrons. The van der Waals surface area contributed by atoms with Crippen LogP contribution in [-0.2, 0) is 18.0 Å². The zero-order valence-electron chi connectivity index (χ0n) is 14.2. The van der Waals surface area contributed by atoms with Gasteiger partial charge < -0.3 is 13.9 Å². The minimum absolute atomic E-state index is 0.0909. The molecule has 3 rings (SSSR count). The van der Waals surface area contributed by atoms with Crippen molar-refractivity contribution in [2.45, 2.75) is 13.2 Å². The lowest BCUT2D eigenvalue weighted by molar-refractivity contribution is 0.144.